The van der Waals surface area contributed by atoms with Gasteiger partial charge in [-0.15, -0.1) is 0 Å². The fourth-order valence-electron chi connectivity index (χ4n) is 6.14. The number of hydrogen-bond acceptors (Lipinski definition) is 1. The van der Waals surface area contributed by atoms with Crippen molar-refractivity contribution >= 4 is 19.0 Å². The van der Waals surface area contributed by atoms with Crippen LogP contribution in [0.5, 0.6) is 0 Å². The fourth-order valence-corrected chi connectivity index (χ4v) is 10.3. The van der Waals surface area contributed by atoms with Gasteiger partial charge in [-0.3, -0.25) is 4.79 Å². The molecule has 1 fully saturated rings. The maximum Gasteiger partial charge on any atom is 0.134 e. The van der Waals surface area contributed by atoms with Crippen LogP contribution < -0.4 is 5.30 Å². The van der Waals surface area contributed by atoms with E-state index in [0.29, 0.717) is 28.9 Å². The first-order chi connectivity index (χ1) is 16.6. The smallest absolute Gasteiger partial charge is 0.134 e. The van der Waals surface area contributed by atoms with Crippen molar-refractivity contribution in [1.29, 1.82) is 0 Å². The molecule has 35 heavy (non-hydrogen) atoms. The number of hydrogen-bond donors (Lipinski definition) is 0. The van der Waals surface area contributed by atoms with E-state index in [4.69, 9.17) is 0 Å². The Balaban J connectivity index is 2.13. The molecule has 0 N–H and O–H groups in total. The highest BCUT2D eigenvalue weighted by Crippen LogP contribution is 2.59. The van der Waals surface area contributed by atoms with Crippen molar-refractivity contribution in [2.24, 2.45) is 11.8 Å². The molecule has 0 spiro atoms. The Labute approximate surface area is 214 Å². The molecule has 2 unspecified atom stereocenters. The first-order valence-electron chi connectivity index (χ1n) is 13.2. The van der Waals surface area contributed by atoms with E-state index in [1.54, 1.807) is 0 Å². The van der Waals surface area contributed by atoms with Gasteiger partial charge in [0.25, 0.3) is 0 Å². The number of benzene rings is 3. The predicted octanol–water partition coefficient (Wildman–Crippen LogP) is 8.77. The SMILES string of the molecule is Cc1cccc(C)c1-c1cccc(-c2c(C)cccc2C)c1P1C(C(C)C)CC(=O)CC1C(C)C. The number of aryl methyl sites for hydroxylation is 4. The Morgan fingerprint density at radius 3 is 1.31 bits per heavy atom. The summed E-state index contributed by atoms with van der Waals surface area (Å²) in [5, 5.41) is 1.53. The maximum atomic E-state index is 13.0. The van der Waals surface area contributed by atoms with Gasteiger partial charge in [-0.1, -0.05) is 90.2 Å². The van der Waals surface area contributed by atoms with Crippen LogP contribution in [0.25, 0.3) is 22.3 Å². The van der Waals surface area contributed by atoms with Gasteiger partial charge in [0.15, 0.2) is 0 Å². The minimum absolute atomic E-state index is 0.409. The minimum Gasteiger partial charge on any atom is -0.300 e. The monoisotopic (exact) mass is 484 g/mol. The Kier molecular flexibility index (Phi) is 7.68. The molecule has 2 heteroatoms. The summed E-state index contributed by atoms with van der Waals surface area (Å²) in [6, 6.07) is 20.3. The third kappa shape index (κ3) is 4.90. The summed E-state index contributed by atoms with van der Waals surface area (Å²) < 4.78 is 0. The highest BCUT2D eigenvalue weighted by Gasteiger charge is 2.42. The summed E-state index contributed by atoms with van der Waals surface area (Å²) in [6.07, 6.45) is 1.44. The highest BCUT2D eigenvalue weighted by molar-refractivity contribution is 7.68. The van der Waals surface area contributed by atoms with Crippen LogP contribution in [0, 0.1) is 39.5 Å². The lowest BCUT2D eigenvalue weighted by Crippen LogP contribution is -2.38. The normalized spacial score (nSPS) is 20.6. The molecule has 2 atom stereocenters. The second kappa shape index (κ2) is 10.4. The quantitative estimate of drug-likeness (QED) is 0.331. The lowest BCUT2D eigenvalue weighted by atomic mass is 9.90. The van der Waals surface area contributed by atoms with Crippen LogP contribution in [0.3, 0.4) is 0 Å². The summed E-state index contributed by atoms with van der Waals surface area (Å²) in [4.78, 5) is 13.0. The van der Waals surface area contributed by atoms with Gasteiger partial charge in [0.1, 0.15) is 5.78 Å². The molecule has 1 nitrogen and oxygen atoms in total. The van der Waals surface area contributed by atoms with Crippen LogP contribution in [0.4, 0.5) is 0 Å². The molecule has 0 saturated carbocycles. The highest BCUT2D eigenvalue weighted by atomic mass is 31.1. The molecule has 1 heterocycles. The molecule has 1 aliphatic heterocycles. The lowest BCUT2D eigenvalue weighted by Gasteiger charge is -2.44. The van der Waals surface area contributed by atoms with E-state index >= 15 is 0 Å². The van der Waals surface area contributed by atoms with Crippen molar-refractivity contribution in [3.63, 3.8) is 0 Å². The summed E-state index contributed by atoms with van der Waals surface area (Å²) in [5.74, 6) is 1.41. The Morgan fingerprint density at radius 2 is 0.971 bits per heavy atom. The molecule has 184 valence electrons. The summed E-state index contributed by atoms with van der Waals surface area (Å²) in [6.45, 7) is 18.3. The van der Waals surface area contributed by atoms with Crippen LogP contribution in [0.15, 0.2) is 54.6 Å². The maximum absolute atomic E-state index is 13.0. The molecule has 0 radical (unpaired) electrons. The zero-order valence-electron chi connectivity index (χ0n) is 22.8. The van der Waals surface area contributed by atoms with Crippen molar-refractivity contribution in [2.75, 3.05) is 0 Å². The van der Waals surface area contributed by atoms with Crippen molar-refractivity contribution in [2.45, 2.75) is 79.5 Å². The van der Waals surface area contributed by atoms with Crippen molar-refractivity contribution < 1.29 is 4.79 Å². The van der Waals surface area contributed by atoms with Crippen LogP contribution in [-0.2, 0) is 4.79 Å². The average molecular weight is 485 g/mol. The van der Waals surface area contributed by atoms with Gasteiger partial charge in [0.2, 0.25) is 0 Å². The largest absolute Gasteiger partial charge is 0.300 e. The zero-order chi connectivity index (χ0) is 25.4. The number of carbonyl (C=O) groups is 1. The third-order valence-corrected chi connectivity index (χ3v) is 11.9. The Bertz CT molecular complexity index is 1110. The molecular formula is C33H41OP. The van der Waals surface area contributed by atoms with E-state index < -0.39 is 7.92 Å². The third-order valence-electron chi connectivity index (χ3n) is 7.92. The zero-order valence-corrected chi connectivity index (χ0v) is 23.7. The van der Waals surface area contributed by atoms with Crippen LogP contribution in [-0.4, -0.2) is 17.1 Å². The number of ketones is 1. The lowest BCUT2D eigenvalue weighted by molar-refractivity contribution is -0.119. The molecule has 1 saturated heterocycles. The fraction of sp³-hybridized carbons (Fsp3) is 0.424. The molecule has 4 rings (SSSR count). The van der Waals surface area contributed by atoms with E-state index in [2.05, 4.69) is 110 Å². The van der Waals surface area contributed by atoms with Crippen molar-refractivity contribution in [3.05, 3.63) is 76.9 Å². The molecule has 1 aliphatic rings. The van der Waals surface area contributed by atoms with Gasteiger partial charge in [-0.05, 0) is 101 Å². The van der Waals surface area contributed by atoms with Gasteiger partial charge in [0, 0.05) is 12.8 Å². The first kappa shape index (κ1) is 25.8. The summed E-state index contributed by atoms with van der Waals surface area (Å²) >= 11 is 0. The van der Waals surface area contributed by atoms with Crippen LogP contribution >= 0.6 is 7.92 Å². The molecule has 0 bridgehead atoms. The van der Waals surface area contributed by atoms with Gasteiger partial charge in [0.05, 0.1) is 0 Å². The Morgan fingerprint density at radius 1 is 0.629 bits per heavy atom. The second-order valence-electron chi connectivity index (χ2n) is 11.2. The minimum atomic E-state index is -0.558. The van der Waals surface area contributed by atoms with E-state index in [1.165, 1.54) is 49.8 Å². The molecular weight excluding hydrogens is 443 g/mol. The van der Waals surface area contributed by atoms with Gasteiger partial charge in [-0.2, -0.15) is 0 Å². The molecule has 3 aromatic carbocycles. The summed E-state index contributed by atoms with van der Waals surface area (Å²) in [7, 11) is -0.558. The topological polar surface area (TPSA) is 17.1 Å². The molecule has 0 aliphatic carbocycles. The Hall–Kier alpha value is -2.24. The van der Waals surface area contributed by atoms with E-state index in [0.717, 1.165) is 12.8 Å². The predicted molar refractivity (Wildman–Crippen MR) is 154 cm³/mol. The number of Topliss-reactive ketones (excluding diaryl/α,β-unsaturated/α-hetero) is 1. The van der Waals surface area contributed by atoms with Crippen LogP contribution in [0.1, 0.15) is 62.8 Å². The second-order valence-corrected chi connectivity index (χ2v) is 13.8. The van der Waals surface area contributed by atoms with Crippen molar-refractivity contribution in [3.8, 4) is 22.3 Å². The van der Waals surface area contributed by atoms with E-state index in [-0.39, 0.29) is 0 Å². The van der Waals surface area contributed by atoms with Crippen molar-refractivity contribution in [1.82, 2.24) is 0 Å². The molecule has 3 aromatic rings. The van der Waals surface area contributed by atoms with Gasteiger partial charge in [-0.25, -0.2) is 0 Å². The van der Waals surface area contributed by atoms with Gasteiger partial charge >= 0.3 is 0 Å². The first-order valence-corrected chi connectivity index (χ1v) is 14.7. The standard InChI is InChI=1S/C33H41OP/c1-20(2)29-18-26(34)19-30(21(3)4)35(29)33-27(31-22(5)12-9-13-23(31)6)16-11-17-28(33)32-24(7)14-10-15-25(32)8/h9-17,20-21,29-30H,18-19H2,1-8H3. The summed E-state index contributed by atoms with van der Waals surface area (Å²) in [5.41, 5.74) is 11.7. The average Bonchev–Trinajstić information content (AvgIpc) is 2.78. The van der Waals surface area contributed by atoms with Crippen LogP contribution in [0.2, 0.25) is 0 Å². The van der Waals surface area contributed by atoms with E-state index in [1.807, 2.05) is 0 Å². The number of rotatable bonds is 5. The van der Waals surface area contributed by atoms with Gasteiger partial charge < -0.3 is 0 Å². The van der Waals surface area contributed by atoms with E-state index in [9.17, 15) is 4.79 Å². The number of carbonyl (C=O) groups excluding carboxylic acids is 1. The molecule has 0 amide bonds. The molecule has 0 aromatic heterocycles.